The lowest BCUT2D eigenvalue weighted by molar-refractivity contribution is 0.251. The van der Waals surface area contributed by atoms with Crippen molar-refractivity contribution < 1.29 is 0 Å². The Morgan fingerprint density at radius 1 is 1.29 bits per heavy atom. The summed E-state index contributed by atoms with van der Waals surface area (Å²) in [6.45, 7) is 7.53. The minimum absolute atomic E-state index is 0.341. The first-order valence-electron chi connectivity index (χ1n) is 7.72. The number of pyridine rings is 1. The molecule has 0 saturated carbocycles. The van der Waals surface area contributed by atoms with Crippen LogP contribution in [0.3, 0.4) is 0 Å². The van der Waals surface area contributed by atoms with Gasteiger partial charge < -0.3 is 0 Å². The summed E-state index contributed by atoms with van der Waals surface area (Å²) in [6.07, 6.45) is 5.78. The average Bonchev–Trinajstić information content (AvgIpc) is 2.82. The van der Waals surface area contributed by atoms with Crippen LogP contribution in [0.4, 0.5) is 0 Å². The SMILES string of the molecule is CCc1nn(C)c(CC)c1CN(C)[C@@H](C)c1cccnc1. The van der Waals surface area contributed by atoms with E-state index in [1.165, 1.54) is 22.5 Å². The molecule has 0 radical (unpaired) electrons. The van der Waals surface area contributed by atoms with Gasteiger partial charge in [0.2, 0.25) is 0 Å². The number of hydrogen-bond donors (Lipinski definition) is 0. The predicted octanol–water partition coefficient (Wildman–Crippen LogP) is 3.13. The van der Waals surface area contributed by atoms with Crippen molar-refractivity contribution in [3.8, 4) is 0 Å². The number of nitrogens with zero attached hydrogens (tertiary/aromatic N) is 4. The largest absolute Gasteiger partial charge is 0.295 e. The van der Waals surface area contributed by atoms with Crippen LogP contribution in [-0.4, -0.2) is 26.7 Å². The molecular weight excluding hydrogens is 260 g/mol. The lowest BCUT2D eigenvalue weighted by Crippen LogP contribution is -2.23. The zero-order valence-corrected chi connectivity index (χ0v) is 13.8. The van der Waals surface area contributed by atoms with Crippen molar-refractivity contribution in [3.05, 3.63) is 47.0 Å². The second-order valence-electron chi connectivity index (χ2n) is 5.58. The molecule has 0 amide bonds. The normalized spacial score (nSPS) is 12.9. The lowest BCUT2D eigenvalue weighted by Gasteiger charge is -2.25. The van der Waals surface area contributed by atoms with Crippen LogP contribution in [0.1, 0.15) is 49.3 Å². The Hall–Kier alpha value is -1.68. The maximum atomic E-state index is 4.66. The van der Waals surface area contributed by atoms with Gasteiger partial charge in [-0.25, -0.2) is 0 Å². The van der Waals surface area contributed by atoms with Gasteiger partial charge in [-0.2, -0.15) is 5.10 Å². The highest BCUT2D eigenvalue weighted by atomic mass is 15.3. The maximum absolute atomic E-state index is 4.66. The van der Waals surface area contributed by atoms with Gasteiger partial charge in [0.1, 0.15) is 0 Å². The van der Waals surface area contributed by atoms with E-state index in [1.807, 2.05) is 30.2 Å². The molecule has 21 heavy (non-hydrogen) atoms. The van der Waals surface area contributed by atoms with E-state index in [0.29, 0.717) is 6.04 Å². The van der Waals surface area contributed by atoms with Crippen LogP contribution in [0, 0.1) is 0 Å². The predicted molar refractivity (Wildman–Crippen MR) is 86.1 cm³/mol. The van der Waals surface area contributed by atoms with Crippen molar-refractivity contribution in [2.24, 2.45) is 7.05 Å². The Morgan fingerprint density at radius 3 is 2.62 bits per heavy atom. The molecule has 2 heterocycles. The standard InChI is InChI=1S/C17H26N4/c1-6-16-15(17(7-2)21(5)19-16)12-20(4)13(3)14-9-8-10-18-11-14/h8-11,13H,6-7,12H2,1-5H3/t13-/m0/s1. The number of rotatable bonds is 6. The van der Waals surface area contributed by atoms with Crippen LogP contribution >= 0.6 is 0 Å². The van der Waals surface area contributed by atoms with Gasteiger partial charge in [0.15, 0.2) is 0 Å². The molecule has 0 aliphatic heterocycles. The molecule has 2 aromatic rings. The van der Waals surface area contributed by atoms with Crippen molar-refractivity contribution in [3.63, 3.8) is 0 Å². The number of aryl methyl sites for hydroxylation is 2. The number of hydrogen-bond acceptors (Lipinski definition) is 3. The Morgan fingerprint density at radius 2 is 2.05 bits per heavy atom. The first-order chi connectivity index (χ1) is 10.1. The molecule has 0 bridgehead atoms. The molecule has 114 valence electrons. The first-order valence-corrected chi connectivity index (χ1v) is 7.72. The Balaban J connectivity index is 2.21. The molecule has 0 saturated heterocycles. The van der Waals surface area contributed by atoms with Gasteiger partial charge in [0.05, 0.1) is 5.69 Å². The molecule has 0 aliphatic rings. The molecule has 0 N–H and O–H groups in total. The van der Waals surface area contributed by atoms with E-state index < -0.39 is 0 Å². The molecule has 2 aromatic heterocycles. The summed E-state index contributed by atoms with van der Waals surface area (Å²) in [6, 6.07) is 4.48. The molecule has 1 atom stereocenters. The minimum Gasteiger partial charge on any atom is -0.295 e. The van der Waals surface area contributed by atoms with E-state index in [1.54, 1.807) is 0 Å². The third-order valence-corrected chi connectivity index (χ3v) is 4.26. The maximum Gasteiger partial charge on any atom is 0.0669 e. The number of aromatic nitrogens is 3. The summed E-state index contributed by atoms with van der Waals surface area (Å²) >= 11 is 0. The van der Waals surface area contributed by atoms with E-state index in [9.17, 15) is 0 Å². The van der Waals surface area contributed by atoms with Gasteiger partial charge in [0.25, 0.3) is 0 Å². The monoisotopic (exact) mass is 286 g/mol. The van der Waals surface area contributed by atoms with E-state index in [2.05, 4.69) is 48.9 Å². The minimum atomic E-state index is 0.341. The van der Waals surface area contributed by atoms with Crippen LogP contribution in [0.2, 0.25) is 0 Å². The van der Waals surface area contributed by atoms with Crippen LogP contribution in [0.25, 0.3) is 0 Å². The molecule has 0 aliphatic carbocycles. The van der Waals surface area contributed by atoms with Gasteiger partial charge in [-0.1, -0.05) is 19.9 Å². The van der Waals surface area contributed by atoms with E-state index in [0.717, 1.165) is 19.4 Å². The van der Waals surface area contributed by atoms with Crippen LogP contribution in [0.5, 0.6) is 0 Å². The van der Waals surface area contributed by atoms with Crippen LogP contribution in [0.15, 0.2) is 24.5 Å². The highest BCUT2D eigenvalue weighted by Crippen LogP contribution is 2.23. The summed E-state index contributed by atoms with van der Waals surface area (Å²) in [7, 11) is 4.22. The van der Waals surface area contributed by atoms with Gasteiger partial charge in [-0.15, -0.1) is 0 Å². The average molecular weight is 286 g/mol. The Bertz CT molecular complexity index is 574. The summed E-state index contributed by atoms with van der Waals surface area (Å²) in [5.74, 6) is 0. The smallest absolute Gasteiger partial charge is 0.0669 e. The third-order valence-electron chi connectivity index (χ3n) is 4.26. The molecule has 4 nitrogen and oxygen atoms in total. The third kappa shape index (κ3) is 3.32. The quantitative estimate of drug-likeness (QED) is 0.818. The summed E-state index contributed by atoms with van der Waals surface area (Å²) in [5, 5.41) is 4.66. The Labute approximate surface area is 127 Å². The van der Waals surface area contributed by atoms with Crippen molar-refractivity contribution in [2.75, 3.05) is 7.05 Å². The van der Waals surface area contributed by atoms with Crippen LogP contribution in [-0.2, 0) is 26.4 Å². The molecule has 4 heteroatoms. The second-order valence-corrected chi connectivity index (χ2v) is 5.58. The Kier molecular flexibility index (Phi) is 5.12. The zero-order valence-electron chi connectivity index (χ0n) is 13.8. The highest BCUT2D eigenvalue weighted by molar-refractivity contribution is 5.27. The van der Waals surface area contributed by atoms with Crippen molar-refractivity contribution >= 4 is 0 Å². The molecule has 0 fully saturated rings. The molecule has 2 rings (SSSR count). The van der Waals surface area contributed by atoms with Gasteiger partial charge >= 0.3 is 0 Å². The fraction of sp³-hybridized carbons (Fsp3) is 0.529. The summed E-state index contributed by atoms with van der Waals surface area (Å²) in [5.41, 5.74) is 5.21. The zero-order chi connectivity index (χ0) is 15.4. The summed E-state index contributed by atoms with van der Waals surface area (Å²) < 4.78 is 2.04. The lowest BCUT2D eigenvalue weighted by atomic mass is 10.1. The van der Waals surface area contributed by atoms with E-state index in [4.69, 9.17) is 0 Å². The van der Waals surface area contributed by atoms with Crippen LogP contribution < -0.4 is 0 Å². The molecule has 0 aromatic carbocycles. The van der Waals surface area contributed by atoms with Crippen molar-refractivity contribution in [2.45, 2.75) is 46.2 Å². The first kappa shape index (κ1) is 15.7. The summed E-state index contributed by atoms with van der Waals surface area (Å²) in [4.78, 5) is 6.59. The van der Waals surface area contributed by atoms with E-state index >= 15 is 0 Å². The second kappa shape index (κ2) is 6.85. The van der Waals surface area contributed by atoms with Gasteiger partial charge in [0, 0.05) is 43.3 Å². The fourth-order valence-corrected chi connectivity index (χ4v) is 2.84. The topological polar surface area (TPSA) is 34.0 Å². The molecule has 0 spiro atoms. The molecule has 0 unspecified atom stereocenters. The fourth-order valence-electron chi connectivity index (χ4n) is 2.84. The van der Waals surface area contributed by atoms with Gasteiger partial charge in [-0.05, 0) is 38.4 Å². The van der Waals surface area contributed by atoms with Crippen molar-refractivity contribution in [1.29, 1.82) is 0 Å². The van der Waals surface area contributed by atoms with Crippen molar-refractivity contribution in [1.82, 2.24) is 19.7 Å². The van der Waals surface area contributed by atoms with E-state index in [-0.39, 0.29) is 0 Å². The highest BCUT2D eigenvalue weighted by Gasteiger charge is 2.18. The van der Waals surface area contributed by atoms with Gasteiger partial charge in [-0.3, -0.25) is 14.6 Å². The molecular formula is C17H26N4.